The van der Waals surface area contributed by atoms with Gasteiger partial charge in [-0.05, 0) is 94.8 Å². The average Bonchev–Trinajstić information content (AvgIpc) is 3.19. The molecule has 0 spiro atoms. The highest BCUT2D eigenvalue weighted by Crippen LogP contribution is 2.31. The lowest BCUT2D eigenvalue weighted by atomic mass is 10.0. The zero-order valence-corrected chi connectivity index (χ0v) is 35.4. The van der Waals surface area contributed by atoms with Gasteiger partial charge >= 0.3 is 0 Å². The molecule has 1 unspecified atom stereocenters. The van der Waals surface area contributed by atoms with Gasteiger partial charge in [-0.15, -0.1) is 0 Å². The molecule has 5 heterocycles. The molecule has 0 radical (unpaired) electrons. The van der Waals surface area contributed by atoms with Gasteiger partial charge in [0.05, 0.1) is 11.5 Å². The third-order valence-corrected chi connectivity index (χ3v) is 13.1. The molecule has 7 rings (SSSR count). The number of aryl methyl sites for hydroxylation is 2. The van der Waals surface area contributed by atoms with Gasteiger partial charge in [0.25, 0.3) is 11.1 Å². The summed E-state index contributed by atoms with van der Waals surface area (Å²) >= 11 is 13.4. The van der Waals surface area contributed by atoms with Crippen LogP contribution in [0.3, 0.4) is 0 Å². The van der Waals surface area contributed by atoms with Crippen LogP contribution in [-0.2, 0) is 27.8 Å². The van der Waals surface area contributed by atoms with Crippen LogP contribution < -0.4 is 21.8 Å². The van der Waals surface area contributed by atoms with Gasteiger partial charge in [-0.2, -0.15) is 14.3 Å². The molecule has 2 N–H and O–H groups in total. The minimum Gasteiger partial charge on any atom is -0.380 e. The monoisotopic (exact) mass is 845 g/mol. The lowest BCUT2D eigenvalue weighted by Gasteiger charge is -2.31. The van der Waals surface area contributed by atoms with E-state index in [-0.39, 0.29) is 39.4 Å². The Hall–Kier alpha value is -4.93. The Morgan fingerprint density at radius 2 is 1.57 bits per heavy atom. The minimum atomic E-state index is -3.62. The number of benzene rings is 2. The molecule has 0 amide bonds. The number of rotatable bonds is 12. The molecular weight excluding hydrogens is 801 g/mol. The summed E-state index contributed by atoms with van der Waals surface area (Å²) in [6.45, 7) is 10.6. The first-order chi connectivity index (χ1) is 27.7. The van der Waals surface area contributed by atoms with E-state index in [4.69, 9.17) is 37.9 Å². The minimum absolute atomic E-state index is 0.00701. The summed E-state index contributed by atoms with van der Waals surface area (Å²) in [6, 6.07) is 13.3. The van der Waals surface area contributed by atoms with Crippen LogP contribution >= 0.6 is 23.2 Å². The van der Waals surface area contributed by atoms with E-state index in [1.807, 2.05) is 52.8 Å². The van der Waals surface area contributed by atoms with Crippen molar-refractivity contribution in [3.05, 3.63) is 114 Å². The van der Waals surface area contributed by atoms with Gasteiger partial charge < -0.3 is 15.4 Å². The van der Waals surface area contributed by atoms with E-state index < -0.39 is 27.2 Å². The second-order valence-electron chi connectivity index (χ2n) is 15.0. The number of piperidine rings is 1. The molecule has 0 bridgehead atoms. The van der Waals surface area contributed by atoms with E-state index in [1.54, 1.807) is 48.3 Å². The fourth-order valence-electron chi connectivity index (χ4n) is 7.37. The summed E-state index contributed by atoms with van der Waals surface area (Å²) in [4.78, 5) is 46.7. The normalized spacial score (nSPS) is 14.7. The van der Waals surface area contributed by atoms with E-state index in [2.05, 4.69) is 20.6 Å². The fourth-order valence-corrected chi connectivity index (χ4v) is 9.32. The molecular formula is C41H45Cl2N9O5S. The summed E-state index contributed by atoms with van der Waals surface area (Å²) in [5.41, 5.74) is 4.07. The maximum absolute atomic E-state index is 13.9. The van der Waals surface area contributed by atoms with Crippen LogP contribution in [0.25, 0.3) is 22.1 Å². The van der Waals surface area contributed by atoms with E-state index in [9.17, 15) is 18.0 Å². The molecule has 6 aromatic rings. The zero-order chi connectivity index (χ0) is 41.5. The second-order valence-corrected chi connectivity index (χ2v) is 17.8. The number of hydrogen-bond acceptors (Lipinski definition) is 11. The maximum Gasteiger partial charge on any atom is 0.271 e. The van der Waals surface area contributed by atoms with Gasteiger partial charge in [0, 0.05) is 67.2 Å². The number of aromatic nitrogens is 6. The van der Waals surface area contributed by atoms with Crippen LogP contribution in [0.4, 0.5) is 17.6 Å². The van der Waals surface area contributed by atoms with Crippen LogP contribution in [0, 0.1) is 13.8 Å². The van der Waals surface area contributed by atoms with Gasteiger partial charge in [0.2, 0.25) is 21.9 Å². The predicted molar refractivity (Wildman–Crippen MR) is 228 cm³/mol. The highest BCUT2D eigenvalue weighted by atomic mass is 35.5. The molecule has 4 aromatic heterocycles. The standard InChI is InChI=1S/C41H45Cl2N9O5S/c1-23(2)51-37-32(21-45-41(49-37)47-34-18-27(22-57-6)10-9-25(34)4)31(35(43)39(51)54)17-26(5)52-36-28(19-33(42)38(52)53)20-44-40(48-36)46-29-13-15-50(16-14-29)58(55,56)30-11-7-24(3)8-12-30/h7-12,18-21,23,26,29H,13-17,22H2,1-6H3,(H,44,46,48)(H,45,47,49). The highest BCUT2D eigenvalue weighted by Gasteiger charge is 2.30. The average molecular weight is 847 g/mol. The Kier molecular flexibility index (Phi) is 11.9. The van der Waals surface area contributed by atoms with Crippen molar-refractivity contribution in [2.24, 2.45) is 0 Å². The number of nitrogens with zero attached hydrogens (tertiary/aromatic N) is 7. The molecule has 17 heteroatoms. The first-order valence-electron chi connectivity index (χ1n) is 19.0. The van der Waals surface area contributed by atoms with Crippen LogP contribution in [0.15, 0.2) is 75.4 Å². The topological polar surface area (TPSA) is 166 Å². The van der Waals surface area contributed by atoms with Crippen LogP contribution in [0.5, 0.6) is 0 Å². The Morgan fingerprint density at radius 1 is 0.879 bits per heavy atom. The number of halogens is 2. The van der Waals surface area contributed by atoms with Crippen molar-refractivity contribution >= 4 is 72.9 Å². The first kappa shape index (κ1) is 41.2. The number of hydrogen-bond donors (Lipinski definition) is 2. The number of ether oxygens (including phenoxy) is 1. The molecule has 1 aliphatic heterocycles. The highest BCUT2D eigenvalue weighted by molar-refractivity contribution is 7.89. The largest absolute Gasteiger partial charge is 0.380 e. The number of fused-ring (bicyclic) bond motifs is 2. The maximum atomic E-state index is 13.9. The van der Waals surface area contributed by atoms with Crippen LogP contribution in [-0.4, -0.2) is 68.0 Å². The molecule has 14 nitrogen and oxygen atoms in total. The number of nitrogens with one attached hydrogen (secondary N) is 2. The van der Waals surface area contributed by atoms with Gasteiger partial charge in [-0.3, -0.25) is 18.7 Å². The Bertz CT molecular complexity index is 2750. The molecule has 0 saturated carbocycles. The van der Waals surface area contributed by atoms with Crippen LogP contribution in [0.2, 0.25) is 10.0 Å². The summed E-state index contributed by atoms with van der Waals surface area (Å²) in [5, 5.41) is 7.74. The molecule has 0 aliphatic carbocycles. The Balaban J connectivity index is 1.18. The lowest BCUT2D eigenvalue weighted by molar-refractivity contribution is 0.185. The van der Waals surface area contributed by atoms with Crippen molar-refractivity contribution in [3.8, 4) is 0 Å². The quantitative estimate of drug-likeness (QED) is 0.126. The molecule has 1 fully saturated rings. The van der Waals surface area contributed by atoms with E-state index >= 15 is 0 Å². The van der Waals surface area contributed by atoms with Crippen LogP contribution in [0.1, 0.15) is 68.0 Å². The SMILES string of the molecule is COCc1ccc(C)c(Nc2ncc3c(CC(C)n4c(=O)c(Cl)cc5cnc(NC6CCN(S(=O)(=O)c7ccc(C)cc7)CC6)nc54)c(Cl)c(=O)n(C(C)C)c3n2)c1. The van der Waals surface area contributed by atoms with Gasteiger partial charge in [0.15, 0.2) is 0 Å². The molecule has 2 aromatic carbocycles. The fraction of sp³-hybridized carbons (Fsp3) is 0.366. The molecule has 1 atom stereocenters. The Morgan fingerprint density at radius 3 is 2.26 bits per heavy atom. The number of methoxy groups -OCH3 is 1. The summed E-state index contributed by atoms with van der Waals surface area (Å²) in [6.07, 6.45) is 4.45. The first-order valence-corrected chi connectivity index (χ1v) is 21.2. The number of anilines is 3. The van der Waals surface area contributed by atoms with Gasteiger partial charge in [-0.25, -0.2) is 18.4 Å². The van der Waals surface area contributed by atoms with E-state index in [0.717, 1.165) is 22.4 Å². The zero-order valence-electron chi connectivity index (χ0n) is 33.1. The summed E-state index contributed by atoms with van der Waals surface area (Å²) in [5.74, 6) is 0.585. The third kappa shape index (κ3) is 8.18. The van der Waals surface area contributed by atoms with Crippen molar-refractivity contribution in [1.82, 2.24) is 33.4 Å². The predicted octanol–water partition coefficient (Wildman–Crippen LogP) is 7.36. The summed E-state index contributed by atoms with van der Waals surface area (Å²) < 4.78 is 36.4. The van der Waals surface area contributed by atoms with Crippen molar-refractivity contribution in [1.29, 1.82) is 0 Å². The number of pyridine rings is 2. The third-order valence-electron chi connectivity index (χ3n) is 10.5. The molecule has 304 valence electrons. The van der Waals surface area contributed by atoms with E-state index in [1.165, 1.54) is 14.9 Å². The summed E-state index contributed by atoms with van der Waals surface area (Å²) in [7, 11) is -1.98. The van der Waals surface area contributed by atoms with Crippen molar-refractivity contribution in [3.63, 3.8) is 0 Å². The molecule has 1 aliphatic rings. The van der Waals surface area contributed by atoms with Gasteiger partial charge in [0.1, 0.15) is 21.3 Å². The van der Waals surface area contributed by atoms with E-state index in [0.29, 0.717) is 66.1 Å². The van der Waals surface area contributed by atoms with Crippen molar-refractivity contribution in [2.45, 2.75) is 83.5 Å². The lowest BCUT2D eigenvalue weighted by Crippen LogP contribution is -2.42. The Labute approximate surface area is 346 Å². The second kappa shape index (κ2) is 16.7. The smallest absolute Gasteiger partial charge is 0.271 e. The molecule has 58 heavy (non-hydrogen) atoms. The van der Waals surface area contributed by atoms with Crippen molar-refractivity contribution in [2.75, 3.05) is 30.8 Å². The molecule has 1 saturated heterocycles. The number of sulfonamides is 1. The van der Waals surface area contributed by atoms with Gasteiger partial charge in [-0.1, -0.05) is 53.0 Å². The van der Waals surface area contributed by atoms with Crippen molar-refractivity contribution < 1.29 is 13.2 Å².